The fourth-order valence-corrected chi connectivity index (χ4v) is 2.06. The molecule has 0 heterocycles. The molecule has 25 heavy (non-hydrogen) atoms. The van der Waals surface area contributed by atoms with E-state index in [1.54, 1.807) is 60.7 Å². The van der Waals surface area contributed by atoms with Crippen molar-refractivity contribution in [3.8, 4) is 11.5 Å². The molecule has 0 aromatic heterocycles. The van der Waals surface area contributed by atoms with Crippen LogP contribution in [0.3, 0.4) is 0 Å². The maximum atomic E-state index is 11.7. The smallest absolute Gasteiger partial charge is 0.395 e. The van der Waals surface area contributed by atoms with Crippen LogP contribution in [0.1, 0.15) is 0 Å². The summed E-state index contributed by atoms with van der Waals surface area (Å²) in [4.78, 5) is 9.53. The van der Waals surface area contributed by atoms with Gasteiger partial charge in [-0.25, -0.2) is 4.57 Å². The van der Waals surface area contributed by atoms with Gasteiger partial charge in [0, 0.05) is 0 Å². The van der Waals surface area contributed by atoms with E-state index >= 15 is 0 Å². The molecule has 0 atom stereocenters. The first-order valence-electron chi connectivity index (χ1n) is 6.26. The van der Waals surface area contributed by atoms with Crippen molar-refractivity contribution in [2.24, 2.45) is 0 Å². The van der Waals surface area contributed by atoms with E-state index in [9.17, 15) is 22.6 Å². The number of hydrogen-bond acceptors (Lipinski definition) is 5. The Balaban J connectivity index is 0.000000333. The van der Waals surface area contributed by atoms with E-state index in [1.165, 1.54) is 0 Å². The van der Waals surface area contributed by atoms with Gasteiger partial charge in [0.15, 0.2) is 0 Å². The second-order valence-corrected chi connectivity index (χ2v) is 6.91. The molecule has 0 fully saturated rings. The van der Waals surface area contributed by atoms with E-state index in [0.29, 0.717) is 0 Å². The lowest BCUT2D eigenvalue weighted by Gasteiger charge is -2.13. The molecule has 0 aliphatic rings. The summed E-state index contributed by atoms with van der Waals surface area (Å²) in [5.41, 5.74) is -5.53. The van der Waals surface area contributed by atoms with Crippen molar-refractivity contribution < 1.29 is 44.6 Å². The molecule has 138 valence electrons. The standard InChI is InChI=1S/C12H11O4P.CHF3O3S/c13-17(14,15-11-7-3-1-4-8-11)16-12-9-5-2-6-10-12;2-1(3,4)8(5,6)7/h1-10H,(H,13,14);(H,5,6,7). The molecule has 2 rings (SSSR count). The number of alkyl halides is 3. The minimum absolute atomic E-state index is 0.286. The first-order chi connectivity index (χ1) is 11.4. The molecular weight excluding hydrogens is 388 g/mol. The lowest BCUT2D eigenvalue weighted by Crippen LogP contribution is -2.21. The van der Waals surface area contributed by atoms with E-state index in [-0.39, 0.29) is 11.5 Å². The minimum atomic E-state index is -5.84. The third kappa shape index (κ3) is 8.03. The molecule has 0 spiro atoms. The third-order valence-corrected chi connectivity index (χ3v) is 3.69. The zero-order valence-corrected chi connectivity index (χ0v) is 13.9. The molecule has 0 amide bonds. The fourth-order valence-electron chi connectivity index (χ4n) is 1.25. The molecule has 12 heteroatoms. The van der Waals surface area contributed by atoms with E-state index in [4.69, 9.17) is 22.0 Å². The van der Waals surface area contributed by atoms with Crippen molar-refractivity contribution in [1.82, 2.24) is 0 Å². The van der Waals surface area contributed by atoms with Crippen LogP contribution in [-0.2, 0) is 14.7 Å². The lowest BCUT2D eigenvalue weighted by molar-refractivity contribution is -0.0510. The molecular formula is C13H12F3O7PS. The van der Waals surface area contributed by atoms with E-state index in [2.05, 4.69) is 0 Å². The van der Waals surface area contributed by atoms with E-state index < -0.39 is 23.4 Å². The highest BCUT2D eigenvalue weighted by Gasteiger charge is 2.44. The highest BCUT2D eigenvalue weighted by atomic mass is 32.2. The van der Waals surface area contributed by atoms with Gasteiger partial charge in [0.2, 0.25) is 0 Å². The average molecular weight is 400 g/mol. The van der Waals surface area contributed by atoms with E-state index in [1.807, 2.05) is 0 Å². The number of hydrogen-bond donors (Lipinski definition) is 2. The normalized spacial score (nSPS) is 11.9. The SMILES string of the molecule is O=P(O)(Oc1ccccc1)Oc1ccccc1.O=S(=O)(O)C(F)(F)F. The highest BCUT2D eigenvalue weighted by molar-refractivity contribution is 7.86. The Labute approximate surface area is 141 Å². The second-order valence-electron chi connectivity index (χ2n) is 4.20. The second kappa shape index (κ2) is 8.34. The first-order valence-corrected chi connectivity index (χ1v) is 9.20. The van der Waals surface area contributed by atoms with Crippen LogP contribution in [0.25, 0.3) is 0 Å². The van der Waals surface area contributed by atoms with Crippen LogP contribution in [0.4, 0.5) is 13.2 Å². The third-order valence-electron chi connectivity index (χ3n) is 2.22. The number of phosphoric ester groups is 1. The van der Waals surface area contributed by atoms with Crippen LogP contribution in [0.15, 0.2) is 60.7 Å². The molecule has 0 saturated heterocycles. The predicted octanol–water partition coefficient (Wildman–Crippen LogP) is 3.64. The van der Waals surface area contributed by atoms with Gasteiger partial charge in [0.05, 0.1) is 0 Å². The summed E-state index contributed by atoms with van der Waals surface area (Å²) >= 11 is 0. The Hall–Kier alpha value is -2.07. The van der Waals surface area contributed by atoms with Crippen LogP contribution in [-0.4, -0.2) is 23.4 Å². The molecule has 7 nitrogen and oxygen atoms in total. The summed E-state index contributed by atoms with van der Waals surface area (Å²) in [6, 6.07) is 16.7. The zero-order chi connectivity index (χ0) is 19.1. The van der Waals surface area contributed by atoms with Crippen LogP contribution >= 0.6 is 7.82 Å². The highest BCUT2D eigenvalue weighted by Crippen LogP contribution is 2.44. The Morgan fingerprint density at radius 2 is 1.12 bits per heavy atom. The van der Waals surface area contributed by atoms with Crippen molar-refractivity contribution in [2.45, 2.75) is 5.51 Å². The van der Waals surface area contributed by atoms with Crippen molar-refractivity contribution in [3.63, 3.8) is 0 Å². The van der Waals surface area contributed by atoms with Gasteiger partial charge in [-0.05, 0) is 24.3 Å². The van der Waals surface area contributed by atoms with Crippen LogP contribution in [0.2, 0.25) is 0 Å². The number of phosphoric acid groups is 1. The zero-order valence-electron chi connectivity index (χ0n) is 12.2. The van der Waals surface area contributed by atoms with Crippen LogP contribution in [0, 0.1) is 0 Å². The summed E-state index contributed by atoms with van der Waals surface area (Å²) in [5, 5.41) is 0. The molecule has 0 saturated carbocycles. The molecule has 0 aliphatic heterocycles. The maximum absolute atomic E-state index is 11.7. The van der Waals surface area contributed by atoms with E-state index in [0.717, 1.165) is 0 Å². The molecule has 0 bridgehead atoms. The fraction of sp³-hybridized carbons (Fsp3) is 0.0769. The lowest BCUT2D eigenvalue weighted by atomic mass is 10.3. The minimum Gasteiger partial charge on any atom is -0.395 e. The molecule has 0 aliphatic carbocycles. The Kier molecular flexibility index (Phi) is 7.00. The molecule has 0 unspecified atom stereocenters. The van der Waals surface area contributed by atoms with Crippen molar-refractivity contribution in [3.05, 3.63) is 60.7 Å². The molecule has 2 N–H and O–H groups in total. The summed E-state index contributed by atoms with van der Waals surface area (Å²) in [6.45, 7) is 0. The number of benzene rings is 2. The van der Waals surface area contributed by atoms with Crippen LogP contribution < -0.4 is 9.05 Å². The van der Waals surface area contributed by atoms with Gasteiger partial charge in [-0.3, -0.25) is 9.45 Å². The molecule has 2 aromatic carbocycles. The number of halogens is 3. The first kappa shape index (κ1) is 21.0. The van der Waals surface area contributed by atoms with Crippen molar-refractivity contribution >= 4 is 17.9 Å². The van der Waals surface area contributed by atoms with Gasteiger partial charge in [0.1, 0.15) is 11.5 Å². The maximum Gasteiger partial charge on any atom is 0.584 e. The van der Waals surface area contributed by atoms with Crippen LogP contribution in [0.5, 0.6) is 11.5 Å². The monoisotopic (exact) mass is 400 g/mol. The van der Waals surface area contributed by atoms with Crippen molar-refractivity contribution in [2.75, 3.05) is 0 Å². The Bertz CT molecular complexity index is 765. The summed E-state index contributed by atoms with van der Waals surface area (Å²) in [7, 11) is -9.98. The Morgan fingerprint density at radius 3 is 1.36 bits per heavy atom. The quantitative estimate of drug-likeness (QED) is 0.458. The summed E-state index contributed by atoms with van der Waals surface area (Å²) < 4.78 is 79.0. The summed E-state index contributed by atoms with van der Waals surface area (Å²) in [6.07, 6.45) is 0. The Morgan fingerprint density at radius 1 is 0.840 bits per heavy atom. The topological polar surface area (TPSA) is 110 Å². The predicted molar refractivity (Wildman–Crippen MR) is 81.6 cm³/mol. The molecule has 2 aromatic rings. The average Bonchev–Trinajstić information content (AvgIpc) is 2.46. The molecule has 0 radical (unpaired) electrons. The largest absolute Gasteiger partial charge is 0.584 e. The van der Waals surface area contributed by atoms with Gasteiger partial charge in [-0.1, -0.05) is 36.4 Å². The number of rotatable bonds is 4. The summed E-state index contributed by atoms with van der Waals surface area (Å²) in [5.74, 6) is 0.573. The van der Waals surface area contributed by atoms with Gasteiger partial charge < -0.3 is 9.05 Å². The van der Waals surface area contributed by atoms with Gasteiger partial charge in [-0.2, -0.15) is 21.6 Å². The van der Waals surface area contributed by atoms with Gasteiger partial charge in [0.25, 0.3) is 0 Å². The van der Waals surface area contributed by atoms with Crippen molar-refractivity contribution in [1.29, 1.82) is 0 Å². The van der Waals surface area contributed by atoms with Gasteiger partial charge in [-0.15, -0.1) is 0 Å². The number of para-hydroxylation sites is 2. The van der Waals surface area contributed by atoms with Gasteiger partial charge >= 0.3 is 23.4 Å².